The van der Waals surface area contributed by atoms with Crippen molar-refractivity contribution in [3.8, 4) is 0 Å². The van der Waals surface area contributed by atoms with E-state index in [1.54, 1.807) is 0 Å². The van der Waals surface area contributed by atoms with Crippen LogP contribution < -0.4 is 11.1 Å². The Labute approximate surface area is 115 Å². The Bertz CT molecular complexity index is 501. The van der Waals surface area contributed by atoms with E-state index in [-0.39, 0.29) is 0 Å². The van der Waals surface area contributed by atoms with Gasteiger partial charge in [0.2, 0.25) is 0 Å². The molecule has 1 aromatic heterocycles. The van der Waals surface area contributed by atoms with E-state index in [2.05, 4.69) is 53.8 Å². The number of benzene rings is 1. The van der Waals surface area contributed by atoms with Gasteiger partial charge in [-0.2, -0.15) is 0 Å². The van der Waals surface area contributed by atoms with Gasteiger partial charge in [0.25, 0.3) is 0 Å². The van der Waals surface area contributed by atoms with E-state index in [9.17, 15) is 0 Å². The molecule has 0 saturated heterocycles. The average Bonchev–Trinajstić information content (AvgIpc) is 2.28. The lowest BCUT2D eigenvalue weighted by molar-refractivity contribution is 1.16. The lowest BCUT2D eigenvalue weighted by atomic mass is 10.3. The van der Waals surface area contributed by atoms with Crippen LogP contribution in [-0.4, -0.2) is 9.97 Å². The molecule has 0 bridgehead atoms. The summed E-state index contributed by atoms with van der Waals surface area (Å²) in [7, 11) is 0. The van der Waals surface area contributed by atoms with Crippen LogP contribution in [0.1, 0.15) is 0 Å². The number of hydrogen-bond acceptors (Lipinski definition) is 4. The zero-order valence-electron chi connectivity index (χ0n) is 8.11. The fourth-order valence-corrected chi connectivity index (χ4v) is 1.80. The zero-order valence-corrected chi connectivity index (χ0v) is 11.9. The van der Waals surface area contributed by atoms with Gasteiger partial charge in [-0.1, -0.05) is 0 Å². The van der Waals surface area contributed by atoms with Crippen LogP contribution in [0.4, 0.5) is 17.3 Å². The number of hydrogen-bond donors (Lipinski definition) is 2. The Kier molecular flexibility index (Phi) is 3.59. The number of nitrogens with zero attached hydrogens (tertiary/aromatic N) is 2. The molecular weight excluding hydrogens is 383 g/mol. The van der Waals surface area contributed by atoms with Crippen molar-refractivity contribution in [1.29, 1.82) is 0 Å². The molecule has 2 aromatic rings. The van der Waals surface area contributed by atoms with Gasteiger partial charge in [-0.3, -0.25) is 0 Å². The molecule has 82 valence electrons. The first kappa shape index (κ1) is 11.6. The van der Waals surface area contributed by atoms with Crippen molar-refractivity contribution in [2.45, 2.75) is 0 Å². The normalized spacial score (nSPS) is 10.1. The van der Waals surface area contributed by atoms with E-state index in [4.69, 9.17) is 5.73 Å². The summed E-state index contributed by atoms with van der Waals surface area (Å²) < 4.78 is 1.86. The maximum Gasteiger partial charge on any atom is 0.150 e. The Morgan fingerprint density at radius 2 is 1.88 bits per heavy atom. The van der Waals surface area contributed by atoms with Crippen LogP contribution >= 0.6 is 38.5 Å². The van der Waals surface area contributed by atoms with Gasteiger partial charge in [-0.05, 0) is 62.8 Å². The summed E-state index contributed by atoms with van der Waals surface area (Å²) in [6.45, 7) is 0. The lowest BCUT2D eigenvalue weighted by Gasteiger charge is -2.08. The molecule has 3 N–H and O–H groups in total. The van der Waals surface area contributed by atoms with Crippen molar-refractivity contribution >= 4 is 55.8 Å². The lowest BCUT2D eigenvalue weighted by Crippen LogP contribution is -1.99. The van der Waals surface area contributed by atoms with Gasteiger partial charge in [-0.25, -0.2) is 9.97 Å². The minimum Gasteiger partial charge on any atom is -0.383 e. The summed E-state index contributed by atoms with van der Waals surface area (Å²) in [5.74, 6) is 1.08. The molecule has 0 atom stereocenters. The first-order valence-electron chi connectivity index (χ1n) is 4.45. The molecule has 0 amide bonds. The predicted molar refractivity (Wildman–Crippen MR) is 76.6 cm³/mol. The predicted octanol–water partition coefficient (Wildman–Crippen LogP) is 3.17. The van der Waals surface area contributed by atoms with Crippen molar-refractivity contribution < 1.29 is 0 Å². The average molecular weight is 391 g/mol. The highest BCUT2D eigenvalue weighted by Crippen LogP contribution is 2.26. The van der Waals surface area contributed by atoms with Crippen molar-refractivity contribution in [2.24, 2.45) is 0 Å². The van der Waals surface area contributed by atoms with Crippen LogP contribution in [0.2, 0.25) is 0 Å². The summed E-state index contributed by atoms with van der Waals surface area (Å²) in [4.78, 5) is 7.98. The third-order valence-corrected chi connectivity index (χ3v) is 3.42. The summed E-state index contributed by atoms with van der Waals surface area (Å²) in [6.07, 6.45) is 1.43. The summed E-state index contributed by atoms with van der Waals surface area (Å²) in [5.41, 5.74) is 6.62. The molecule has 16 heavy (non-hydrogen) atoms. The van der Waals surface area contributed by atoms with Crippen LogP contribution in [0.5, 0.6) is 0 Å². The quantitative estimate of drug-likeness (QED) is 0.773. The largest absolute Gasteiger partial charge is 0.383 e. The van der Waals surface area contributed by atoms with Crippen LogP contribution in [0.3, 0.4) is 0 Å². The highest BCUT2D eigenvalue weighted by atomic mass is 127. The van der Waals surface area contributed by atoms with Gasteiger partial charge in [-0.15, -0.1) is 0 Å². The number of halogens is 2. The Balaban J connectivity index is 2.27. The fraction of sp³-hybridized carbons (Fsp3) is 0. The second-order valence-electron chi connectivity index (χ2n) is 3.05. The fourth-order valence-electron chi connectivity index (χ4n) is 1.14. The van der Waals surface area contributed by atoms with Crippen LogP contribution in [0.15, 0.2) is 35.1 Å². The molecule has 2 rings (SSSR count). The topological polar surface area (TPSA) is 63.8 Å². The van der Waals surface area contributed by atoms with Crippen molar-refractivity contribution in [1.82, 2.24) is 9.97 Å². The van der Waals surface area contributed by atoms with E-state index in [0.29, 0.717) is 16.1 Å². The van der Waals surface area contributed by atoms with Crippen LogP contribution in [-0.2, 0) is 0 Å². The highest BCUT2D eigenvalue weighted by molar-refractivity contribution is 14.1. The van der Waals surface area contributed by atoms with E-state index in [1.807, 2.05) is 24.3 Å². The minimum atomic E-state index is 0.419. The number of nitrogens with one attached hydrogen (secondary N) is 1. The molecule has 4 nitrogen and oxygen atoms in total. The van der Waals surface area contributed by atoms with Gasteiger partial charge in [0, 0.05) is 9.26 Å². The first-order chi connectivity index (χ1) is 7.66. The van der Waals surface area contributed by atoms with Gasteiger partial charge in [0.1, 0.15) is 22.4 Å². The van der Waals surface area contributed by atoms with Gasteiger partial charge >= 0.3 is 0 Å². The van der Waals surface area contributed by atoms with E-state index in [0.717, 1.165) is 5.69 Å². The van der Waals surface area contributed by atoms with Gasteiger partial charge < -0.3 is 11.1 Å². The number of nitrogen functional groups attached to an aromatic ring is 1. The number of nitrogens with two attached hydrogens (primary N) is 1. The van der Waals surface area contributed by atoms with Crippen LogP contribution in [0, 0.1) is 3.57 Å². The molecule has 1 heterocycles. The SMILES string of the molecule is Nc1ncnc(Nc2ccc(I)cc2)c1Br. The molecule has 0 fully saturated rings. The van der Waals surface area contributed by atoms with Gasteiger partial charge in [0.15, 0.2) is 0 Å². The molecule has 0 aliphatic carbocycles. The maximum atomic E-state index is 5.66. The molecule has 0 spiro atoms. The second kappa shape index (κ2) is 4.96. The monoisotopic (exact) mass is 390 g/mol. The number of aromatic nitrogens is 2. The smallest absolute Gasteiger partial charge is 0.150 e. The standard InChI is InChI=1S/C10H8BrIN4/c11-8-9(13)14-5-15-10(8)16-7-3-1-6(12)2-4-7/h1-5H,(H3,13,14,15,16). The first-order valence-corrected chi connectivity index (χ1v) is 6.32. The molecular formula is C10H8BrIN4. The molecule has 0 aliphatic rings. The maximum absolute atomic E-state index is 5.66. The van der Waals surface area contributed by atoms with Gasteiger partial charge in [0.05, 0.1) is 0 Å². The Morgan fingerprint density at radius 1 is 1.19 bits per heavy atom. The third kappa shape index (κ3) is 2.62. The molecule has 6 heteroatoms. The molecule has 1 aromatic carbocycles. The summed E-state index contributed by atoms with van der Waals surface area (Å²) in [5, 5.41) is 3.16. The zero-order chi connectivity index (χ0) is 11.5. The Morgan fingerprint density at radius 3 is 2.56 bits per heavy atom. The Hall–Kier alpha value is -0.890. The van der Waals surface area contributed by atoms with Crippen molar-refractivity contribution in [3.63, 3.8) is 0 Å². The van der Waals surface area contributed by atoms with E-state index >= 15 is 0 Å². The highest BCUT2D eigenvalue weighted by Gasteiger charge is 2.05. The number of rotatable bonds is 2. The summed E-state index contributed by atoms with van der Waals surface area (Å²) >= 11 is 5.60. The minimum absolute atomic E-state index is 0.419. The number of anilines is 3. The summed E-state index contributed by atoms with van der Waals surface area (Å²) in [6, 6.07) is 7.99. The second-order valence-corrected chi connectivity index (χ2v) is 5.09. The molecule has 0 aliphatic heterocycles. The molecule has 0 unspecified atom stereocenters. The van der Waals surface area contributed by atoms with Crippen molar-refractivity contribution in [3.05, 3.63) is 38.6 Å². The van der Waals surface area contributed by atoms with E-state index < -0.39 is 0 Å². The molecule has 0 radical (unpaired) electrons. The third-order valence-electron chi connectivity index (χ3n) is 1.92. The van der Waals surface area contributed by atoms with Crippen molar-refractivity contribution in [2.75, 3.05) is 11.1 Å². The van der Waals surface area contributed by atoms with E-state index in [1.165, 1.54) is 9.90 Å². The molecule has 0 saturated carbocycles. The van der Waals surface area contributed by atoms with Crippen LogP contribution in [0.25, 0.3) is 0 Å².